The van der Waals surface area contributed by atoms with Crippen LogP contribution in [0.25, 0.3) is 0 Å². The minimum atomic E-state index is -4.24. The van der Waals surface area contributed by atoms with Crippen LogP contribution < -0.4 is 5.32 Å². The lowest BCUT2D eigenvalue weighted by atomic mass is 9.99. The zero-order valence-corrected chi connectivity index (χ0v) is 19.1. The number of nitrogens with zero attached hydrogens (tertiary/aromatic N) is 1. The Bertz CT molecular complexity index is 1180. The standard InChI is InChI=1S/C22H23ClF2N2O5S/c23-18-10-17(5-6-19(18)25)26-21(28)14-1-2-15(11-24)20(9-14)33(30,31)27-7-8-32-13-22(29,12-27)16-3-4-16/h1-2,5-6,9-10,16,29H,3-4,7-8,11-13H2,(H,26,28). The Kier molecular flexibility index (Phi) is 6.75. The summed E-state index contributed by atoms with van der Waals surface area (Å²) in [5.41, 5.74) is -1.23. The minimum Gasteiger partial charge on any atom is -0.386 e. The van der Waals surface area contributed by atoms with E-state index in [2.05, 4.69) is 5.32 Å². The number of halogens is 3. The maximum atomic E-state index is 13.7. The fourth-order valence-corrected chi connectivity index (χ4v) is 5.78. The number of ether oxygens (including phenoxy) is 1. The lowest BCUT2D eigenvalue weighted by molar-refractivity contribution is -0.0477. The van der Waals surface area contributed by atoms with Crippen molar-refractivity contribution in [2.24, 2.45) is 5.92 Å². The fourth-order valence-electron chi connectivity index (χ4n) is 3.88. The summed E-state index contributed by atoms with van der Waals surface area (Å²) < 4.78 is 60.5. The number of amides is 1. The van der Waals surface area contributed by atoms with Crippen molar-refractivity contribution in [3.8, 4) is 0 Å². The second-order valence-electron chi connectivity index (χ2n) is 8.31. The number of anilines is 1. The second kappa shape index (κ2) is 9.27. The number of alkyl halides is 1. The van der Waals surface area contributed by atoms with Gasteiger partial charge in [-0.3, -0.25) is 4.79 Å². The molecule has 2 N–H and O–H groups in total. The molecular formula is C22H23ClF2N2O5S. The van der Waals surface area contributed by atoms with Crippen molar-refractivity contribution in [3.05, 3.63) is 58.4 Å². The van der Waals surface area contributed by atoms with E-state index in [1.165, 1.54) is 24.3 Å². The van der Waals surface area contributed by atoms with Crippen LogP contribution in [-0.4, -0.2) is 55.6 Å². The molecule has 1 heterocycles. The summed E-state index contributed by atoms with van der Waals surface area (Å²) in [5.74, 6) is -1.37. The number of carbonyl (C=O) groups is 1. The van der Waals surface area contributed by atoms with E-state index >= 15 is 0 Å². The summed E-state index contributed by atoms with van der Waals surface area (Å²) in [6, 6.07) is 7.26. The number of β-amino-alcohol motifs (C(OH)–C–C–N with tert-alkyl or cyclic N) is 1. The minimum absolute atomic E-state index is 0.00636. The third-order valence-corrected chi connectivity index (χ3v) is 8.11. The number of nitrogens with one attached hydrogen (secondary N) is 1. The molecule has 1 saturated carbocycles. The smallest absolute Gasteiger partial charge is 0.255 e. The Morgan fingerprint density at radius 1 is 1.27 bits per heavy atom. The molecule has 1 aliphatic heterocycles. The van der Waals surface area contributed by atoms with Crippen LogP contribution in [0.2, 0.25) is 5.02 Å². The van der Waals surface area contributed by atoms with Crippen molar-refractivity contribution >= 4 is 33.2 Å². The SMILES string of the molecule is O=C(Nc1ccc(F)c(Cl)c1)c1ccc(CF)c(S(=O)(=O)N2CCOCC(O)(C3CC3)C2)c1. The van der Waals surface area contributed by atoms with Crippen LogP contribution in [0.5, 0.6) is 0 Å². The Hall–Kier alpha value is -2.11. The number of hydrogen-bond acceptors (Lipinski definition) is 5. The molecule has 1 amide bonds. The molecule has 1 unspecified atom stereocenters. The monoisotopic (exact) mass is 500 g/mol. The van der Waals surface area contributed by atoms with Gasteiger partial charge >= 0.3 is 0 Å². The third-order valence-electron chi connectivity index (χ3n) is 5.89. The first-order valence-corrected chi connectivity index (χ1v) is 12.2. The summed E-state index contributed by atoms with van der Waals surface area (Å²) in [5, 5.41) is 13.3. The number of hydrogen-bond donors (Lipinski definition) is 2. The van der Waals surface area contributed by atoms with E-state index in [0.717, 1.165) is 29.3 Å². The molecule has 2 aliphatic rings. The third kappa shape index (κ3) is 5.04. The van der Waals surface area contributed by atoms with Crippen molar-refractivity contribution in [2.45, 2.75) is 30.0 Å². The highest BCUT2D eigenvalue weighted by Crippen LogP contribution is 2.41. The van der Waals surface area contributed by atoms with E-state index in [-0.39, 0.29) is 59.0 Å². The lowest BCUT2D eigenvalue weighted by Crippen LogP contribution is -2.48. The summed E-state index contributed by atoms with van der Waals surface area (Å²) in [4.78, 5) is 12.4. The van der Waals surface area contributed by atoms with Crippen molar-refractivity contribution in [2.75, 3.05) is 31.6 Å². The van der Waals surface area contributed by atoms with Gasteiger partial charge in [0.05, 0.1) is 23.1 Å². The van der Waals surface area contributed by atoms with Crippen molar-refractivity contribution < 1.29 is 31.8 Å². The number of benzene rings is 2. The molecule has 0 radical (unpaired) electrons. The Morgan fingerprint density at radius 3 is 2.70 bits per heavy atom. The first-order valence-electron chi connectivity index (χ1n) is 10.4. The largest absolute Gasteiger partial charge is 0.386 e. The molecule has 178 valence electrons. The van der Waals surface area contributed by atoms with Gasteiger partial charge in [-0.1, -0.05) is 17.7 Å². The van der Waals surface area contributed by atoms with Gasteiger partial charge in [0.2, 0.25) is 10.0 Å². The average Bonchev–Trinajstić information content (AvgIpc) is 3.64. The molecule has 1 saturated heterocycles. The molecule has 0 spiro atoms. The molecule has 33 heavy (non-hydrogen) atoms. The summed E-state index contributed by atoms with van der Waals surface area (Å²) in [7, 11) is -4.24. The zero-order chi connectivity index (χ0) is 23.8. The predicted molar refractivity (Wildman–Crippen MR) is 118 cm³/mol. The molecular weight excluding hydrogens is 478 g/mol. The molecule has 4 rings (SSSR count). The quantitative estimate of drug-likeness (QED) is 0.634. The second-order valence-corrected chi connectivity index (χ2v) is 10.6. The number of carbonyl (C=O) groups excluding carboxylic acids is 1. The number of sulfonamides is 1. The van der Waals surface area contributed by atoms with Crippen LogP contribution >= 0.6 is 11.6 Å². The molecule has 0 bridgehead atoms. The summed E-state index contributed by atoms with van der Waals surface area (Å²) in [6.07, 6.45) is 1.57. The first kappa shape index (κ1) is 24.0. The molecule has 1 atom stereocenters. The van der Waals surface area contributed by atoms with Crippen LogP contribution in [0.15, 0.2) is 41.3 Å². The number of rotatable bonds is 6. The van der Waals surface area contributed by atoms with Crippen molar-refractivity contribution in [1.82, 2.24) is 4.31 Å². The van der Waals surface area contributed by atoms with Crippen LogP contribution in [0.1, 0.15) is 28.8 Å². The Balaban J connectivity index is 1.64. The number of aliphatic hydroxyl groups is 1. The van der Waals surface area contributed by atoms with Gasteiger partial charge in [-0.2, -0.15) is 4.31 Å². The maximum Gasteiger partial charge on any atom is 0.255 e. The van der Waals surface area contributed by atoms with E-state index in [4.69, 9.17) is 16.3 Å². The van der Waals surface area contributed by atoms with Gasteiger partial charge in [-0.05, 0) is 49.1 Å². The average molecular weight is 501 g/mol. The van der Waals surface area contributed by atoms with Crippen LogP contribution in [0, 0.1) is 11.7 Å². The molecule has 11 heteroatoms. The zero-order valence-electron chi connectivity index (χ0n) is 17.6. The topological polar surface area (TPSA) is 95.9 Å². The van der Waals surface area contributed by atoms with E-state index in [1.54, 1.807) is 0 Å². The van der Waals surface area contributed by atoms with Gasteiger partial charge in [0.25, 0.3) is 5.91 Å². The predicted octanol–water partition coefficient (Wildman–Crippen LogP) is 3.36. The highest BCUT2D eigenvalue weighted by Gasteiger charge is 2.48. The summed E-state index contributed by atoms with van der Waals surface area (Å²) in [6.45, 7) is -1.11. The normalized spacial score (nSPS) is 22.1. The van der Waals surface area contributed by atoms with Gasteiger partial charge in [-0.25, -0.2) is 17.2 Å². The molecule has 2 aromatic carbocycles. The van der Waals surface area contributed by atoms with Crippen LogP contribution in [-0.2, 0) is 21.4 Å². The Labute approximate surface area is 195 Å². The summed E-state index contributed by atoms with van der Waals surface area (Å²) >= 11 is 5.73. The maximum absolute atomic E-state index is 13.7. The first-order chi connectivity index (χ1) is 15.6. The van der Waals surface area contributed by atoms with E-state index < -0.39 is 34.0 Å². The van der Waals surface area contributed by atoms with Gasteiger partial charge in [0.15, 0.2) is 0 Å². The lowest BCUT2D eigenvalue weighted by Gasteiger charge is -2.30. The van der Waals surface area contributed by atoms with Crippen molar-refractivity contribution in [1.29, 1.82) is 0 Å². The van der Waals surface area contributed by atoms with E-state index in [1.807, 2.05) is 0 Å². The molecule has 2 aromatic rings. The van der Waals surface area contributed by atoms with Gasteiger partial charge < -0.3 is 15.2 Å². The van der Waals surface area contributed by atoms with Crippen LogP contribution in [0.3, 0.4) is 0 Å². The molecule has 7 nitrogen and oxygen atoms in total. The highest BCUT2D eigenvalue weighted by atomic mass is 35.5. The van der Waals surface area contributed by atoms with E-state index in [9.17, 15) is 27.1 Å². The Morgan fingerprint density at radius 2 is 2.03 bits per heavy atom. The fraction of sp³-hybridized carbons (Fsp3) is 0.409. The van der Waals surface area contributed by atoms with Gasteiger partial charge in [-0.15, -0.1) is 0 Å². The van der Waals surface area contributed by atoms with Gasteiger partial charge in [0.1, 0.15) is 18.1 Å². The molecule has 0 aromatic heterocycles. The van der Waals surface area contributed by atoms with Gasteiger partial charge in [0, 0.05) is 29.9 Å². The highest BCUT2D eigenvalue weighted by molar-refractivity contribution is 7.89. The molecule has 2 fully saturated rings. The molecule has 1 aliphatic carbocycles. The van der Waals surface area contributed by atoms with Crippen molar-refractivity contribution in [3.63, 3.8) is 0 Å². The van der Waals surface area contributed by atoms with E-state index in [0.29, 0.717) is 0 Å². The van der Waals surface area contributed by atoms with Crippen LogP contribution in [0.4, 0.5) is 14.5 Å².